The minimum absolute atomic E-state index is 0.785. The van der Waals surface area contributed by atoms with Crippen LogP contribution in [0.5, 0.6) is 0 Å². The molecule has 0 aromatic carbocycles. The molecule has 0 atom stereocenters. The fourth-order valence-corrected chi connectivity index (χ4v) is 3.07. The molecule has 120 valence electrons. The van der Waals surface area contributed by atoms with Gasteiger partial charge in [-0.05, 0) is 33.2 Å². The molecule has 1 N–H and O–H groups in total. The van der Waals surface area contributed by atoms with Crippen LogP contribution in [-0.2, 0) is 11.3 Å². The number of nitrogens with zero attached hydrogens (tertiary/aromatic N) is 3. The second-order valence-electron chi connectivity index (χ2n) is 6.09. The normalized spacial score (nSPS) is 16.0. The molecule has 1 aromatic heterocycles. The van der Waals surface area contributed by atoms with E-state index in [-0.39, 0.29) is 0 Å². The summed E-state index contributed by atoms with van der Waals surface area (Å²) in [5.41, 5.74) is 1.08. The lowest BCUT2D eigenvalue weighted by molar-refractivity contribution is 0.197. The van der Waals surface area contributed by atoms with E-state index in [4.69, 9.17) is 4.74 Å². The lowest BCUT2D eigenvalue weighted by Gasteiger charge is -2.24. The molecular formula is C16H30N4O. The fraction of sp³-hybridized carbons (Fsp3) is 0.812. The zero-order valence-electron chi connectivity index (χ0n) is 13.8. The highest BCUT2D eigenvalue weighted by Crippen LogP contribution is 2.22. The highest BCUT2D eigenvalue weighted by Gasteiger charge is 2.19. The number of hydrogen-bond acceptors (Lipinski definition) is 4. The second-order valence-corrected chi connectivity index (χ2v) is 6.09. The topological polar surface area (TPSA) is 42.3 Å². The third-order valence-electron chi connectivity index (χ3n) is 4.35. The zero-order chi connectivity index (χ0) is 15.1. The quantitative estimate of drug-likeness (QED) is 0.711. The SMILES string of the molecule is COCCCNc1nc(C)cn1CCN(C)C1CCCC1. The van der Waals surface area contributed by atoms with E-state index in [0.29, 0.717) is 0 Å². The van der Waals surface area contributed by atoms with Gasteiger partial charge in [-0.3, -0.25) is 0 Å². The first-order valence-corrected chi connectivity index (χ1v) is 8.17. The van der Waals surface area contributed by atoms with Gasteiger partial charge in [-0.2, -0.15) is 0 Å². The first kappa shape index (κ1) is 16.3. The maximum atomic E-state index is 5.08. The number of methoxy groups -OCH3 is 1. The Morgan fingerprint density at radius 3 is 2.90 bits per heavy atom. The molecule has 21 heavy (non-hydrogen) atoms. The summed E-state index contributed by atoms with van der Waals surface area (Å²) in [4.78, 5) is 7.09. The van der Waals surface area contributed by atoms with Gasteiger partial charge in [-0.25, -0.2) is 4.98 Å². The number of nitrogens with one attached hydrogen (secondary N) is 1. The number of aryl methyl sites for hydroxylation is 1. The number of rotatable bonds is 9. The molecular weight excluding hydrogens is 264 g/mol. The molecule has 0 spiro atoms. The first-order valence-electron chi connectivity index (χ1n) is 8.17. The van der Waals surface area contributed by atoms with Gasteiger partial charge in [0.15, 0.2) is 0 Å². The summed E-state index contributed by atoms with van der Waals surface area (Å²) >= 11 is 0. The van der Waals surface area contributed by atoms with Gasteiger partial charge in [0.1, 0.15) is 0 Å². The van der Waals surface area contributed by atoms with Crippen LogP contribution >= 0.6 is 0 Å². The van der Waals surface area contributed by atoms with Crippen molar-refractivity contribution in [1.29, 1.82) is 0 Å². The summed E-state index contributed by atoms with van der Waals surface area (Å²) in [5, 5.41) is 3.42. The molecule has 1 aliphatic carbocycles. The average Bonchev–Trinajstić information content (AvgIpc) is 3.11. The summed E-state index contributed by atoms with van der Waals surface area (Å²) in [6, 6.07) is 0.785. The Morgan fingerprint density at radius 2 is 2.19 bits per heavy atom. The van der Waals surface area contributed by atoms with Crippen LogP contribution in [0.1, 0.15) is 37.8 Å². The van der Waals surface area contributed by atoms with Crippen molar-refractivity contribution in [3.63, 3.8) is 0 Å². The maximum absolute atomic E-state index is 5.08. The Morgan fingerprint density at radius 1 is 1.43 bits per heavy atom. The molecule has 5 nitrogen and oxygen atoms in total. The maximum Gasteiger partial charge on any atom is 0.203 e. The van der Waals surface area contributed by atoms with Crippen molar-refractivity contribution in [2.75, 3.05) is 39.2 Å². The predicted octanol–water partition coefficient (Wildman–Crippen LogP) is 2.51. The monoisotopic (exact) mass is 294 g/mol. The van der Waals surface area contributed by atoms with Crippen molar-refractivity contribution < 1.29 is 4.74 Å². The minimum atomic E-state index is 0.785. The summed E-state index contributed by atoms with van der Waals surface area (Å²) in [5.74, 6) is 0.989. The number of hydrogen-bond donors (Lipinski definition) is 1. The van der Waals surface area contributed by atoms with Gasteiger partial charge in [0, 0.05) is 45.6 Å². The molecule has 2 rings (SSSR count). The lowest BCUT2D eigenvalue weighted by Crippen LogP contribution is -2.32. The zero-order valence-corrected chi connectivity index (χ0v) is 13.8. The molecule has 1 aliphatic rings. The molecule has 0 bridgehead atoms. The van der Waals surface area contributed by atoms with Crippen molar-refractivity contribution in [2.24, 2.45) is 0 Å². The Labute approximate surface area is 128 Å². The second kappa shape index (κ2) is 8.39. The van der Waals surface area contributed by atoms with E-state index in [9.17, 15) is 0 Å². The summed E-state index contributed by atoms with van der Waals surface area (Å²) in [6.07, 6.45) is 8.66. The Hall–Kier alpha value is -1.07. The van der Waals surface area contributed by atoms with Gasteiger partial charge < -0.3 is 19.5 Å². The summed E-state index contributed by atoms with van der Waals surface area (Å²) < 4.78 is 7.32. The van der Waals surface area contributed by atoms with Crippen LogP contribution in [0.25, 0.3) is 0 Å². The molecule has 1 fully saturated rings. The molecule has 0 saturated heterocycles. The minimum Gasteiger partial charge on any atom is -0.385 e. The van der Waals surface area contributed by atoms with E-state index in [2.05, 4.69) is 39.9 Å². The lowest BCUT2D eigenvalue weighted by atomic mass is 10.2. The van der Waals surface area contributed by atoms with E-state index < -0.39 is 0 Å². The Bertz CT molecular complexity index is 412. The Balaban J connectivity index is 1.81. The van der Waals surface area contributed by atoms with Crippen molar-refractivity contribution in [2.45, 2.75) is 51.6 Å². The standard InChI is InChI=1S/C16H30N4O/c1-14-13-20(16(18-14)17-9-6-12-21-3)11-10-19(2)15-7-4-5-8-15/h13,15H,4-12H2,1-3H3,(H,17,18). The van der Waals surface area contributed by atoms with Crippen molar-refractivity contribution in [3.05, 3.63) is 11.9 Å². The van der Waals surface area contributed by atoms with Gasteiger partial charge in [0.25, 0.3) is 0 Å². The van der Waals surface area contributed by atoms with Gasteiger partial charge in [0.05, 0.1) is 5.69 Å². The molecule has 0 radical (unpaired) electrons. The van der Waals surface area contributed by atoms with E-state index in [1.165, 1.54) is 25.7 Å². The van der Waals surface area contributed by atoms with Crippen LogP contribution in [0.4, 0.5) is 5.95 Å². The highest BCUT2D eigenvalue weighted by atomic mass is 16.5. The third-order valence-corrected chi connectivity index (χ3v) is 4.35. The highest BCUT2D eigenvalue weighted by molar-refractivity contribution is 5.28. The molecule has 0 aliphatic heterocycles. The van der Waals surface area contributed by atoms with Gasteiger partial charge in [0.2, 0.25) is 5.95 Å². The number of imidazole rings is 1. The van der Waals surface area contributed by atoms with E-state index in [0.717, 1.165) is 50.3 Å². The molecule has 1 heterocycles. The molecule has 5 heteroatoms. The summed E-state index contributed by atoms with van der Waals surface area (Å²) in [7, 11) is 4.00. The predicted molar refractivity (Wildman–Crippen MR) is 86.8 cm³/mol. The number of likely N-dealkylation sites (N-methyl/N-ethyl adjacent to an activating group) is 1. The largest absolute Gasteiger partial charge is 0.385 e. The molecule has 0 unspecified atom stereocenters. The smallest absolute Gasteiger partial charge is 0.203 e. The van der Waals surface area contributed by atoms with Crippen molar-refractivity contribution in [3.8, 4) is 0 Å². The van der Waals surface area contributed by atoms with E-state index in [1.54, 1.807) is 7.11 Å². The third kappa shape index (κ3) is 5.00. The number of anilines is 1. The first-order chi connectivity index (χ1) is 10.2. The van der Waals surface area contributed by atoms with Gasteiger partial charge in [-0.15, -0.1) is 0 Å². The van der Waals surface area contributed by atoms with Crippen LogP contribution in [0, 0.1) is 6.92 Å². The van der Waals surface area contributed by atoms with Crippen LogP contribution in [-0.4, -0.2) is 54.3 Å². The van der Waals surface area contributed by atoms with Gasteiger partial charge in [-0.1, -0.05) is 12.8 Å². The van der Waals surface area contributed by atoms with E-state index in [1.807, 2.05) is 0 Å². The van der Waals surface area contributed by atoms with Crippen LogP contribution in [0.15, 0.2) is 6.20 Å². The van der Waals surface area contributed by atoms with Gasteiger partial charge >= 0.3 is 0 Å². The van der Waals surface area contributed by atoms with Crippen molar-refractivity contribution >= 4 is 5.95 Å². The fourth-order valence-electron chi connectivity index (χ4n) is 3.07. The summed E-state index contributed by atoms with van der Waals surface area (Å²) in [6.45, 7) is 5.84. The number of ether oxygens (including phenoxy) is 1. The Kier molecular flexibility index (Phi) is 6.51. The average molecular weight is 294 g/mol. The van der Waals surface area contributed by atoms with Crippen LogP contribution < -0.4 is 5.32 Å². The van der Waals surface area contributed by atoms with Crippen LogP contribution in [0.3, 0.4) is 0 Å². The molecule has 1 saturated carbocycles. The number of aromatic nitrogens is 2. The van der Waals surface area contributed by atoms with E-state index >= 15 is 0 Å². The molecule has 1 aromatic rings. The van der Waals surface area contributed by atoms with Crippen molar-refractivity contribution in [1.82, 2.24) is 14.5 Å². The van der Waals surface area contributed by atoms with Crippen LogP contribution in [0.2, 0.25) is 0 Å². The molecule has 0 amide bonds.